The van der Waals surface area contributed by atoms with Gasteiger partial charge in [0.25, 0.3) is 0 Å². The van der Waals surface area contributed by atoms with E-state index in [1.807, 2.05) is 13.8 Å². The minimum absolute atomic E-state index is 0.235. The van der Waals surface area contributed by atoms with E-state index in [-0.39, 0.29) is 5.41 Å². The Morgan fingerprint density at radius 3 is 2.28 bits per heavy atom. The molecule has 1 fully saturated rings. The molecule has 1 aliphatic carbocycles. The molecular formula is C14H29N3O. The third kappa shape index (κ3) is 4.84. The maximum Gasteiger partial charge on any atom is 0.191 e. The number of hydrogen-bond donors (Lipinski definition) is 3. The lowest BCUT2D eigenvalue weighted by molar-refractivity contribution is -0.0307. The van der Waals surface area contributed by atoms with E-state index in [2.05, 4.69) is 29.5 Å². The first-order valence-electron chi connectivity index (χ1n) is 7.15. The molecule has 18 heavy (non-hydrogen) atoms. The zero-order valence-electron chi connectivity index (χ0n) is 12.3. The van der Waals surface area contributed by atoms with Gasteiger partial charge in [0.1, 0.15) is 0 Å². The summed E-state index contributed by atoms with van der Waals surface area (Å²) in [7, 11) is 0. The van der Waals surface area contributed by atoms with Crippen molar-refractivity contribution in [1.29, 1.82) is 0 Å². The summed E-state index contributed by atoms with van der Waals surface area (Å²) < 4.78 is 0. The normalized spacial score (nSPS) is 26.5. The fourth-order valence-electron chi connectivity index (χ4n) is 2.83. The van der Waals surface area contributed by atoms with Crippen LogP contribution < -0.4 is 10.6 Å². The van der Waals surface area contributed by atoms with E-state index in [1.165, 1.54) is 6.42 Å². The number of nitrogens with one attached hydrogen (secondary N) is 2. The molecule has 0 saturated heterocycles. The van der Waals surface area contributed by atoms with Gasteiger partial charge in [0, 0.05) is 13.1 Å². The predicted molar refractivity (Wildman–Crippen MR) is 76.9 cm³/mol. The van der Waals surface area contributed by atoms with Gasteiger partial charge in [-0.2, -0.15) is 0 Å². The number of guanidine groups is 1. The molecule has 1 atom stereocenters. The van der Waals surface area contributed by atoms with Crippen LogP contribution in [0.1, 0.15) is 53.4 Å². The van der Waals surface area contributed by atoms with Crippen LogP contribution in [0.3, 0.4) is 0 Å². The van der Waals surface area contributed by atoms with Crippen molar-refractivity contribution in [3.05, 3.63) is 0 Å². The molecule has 1 aliphatic rings. The van der Waals surface area contributed by atoms with Crippen molar-refractivity contribution >= 4 is 5.96 Å². The molecule has 4 nitrogen and oxygen atoms in total. The van der Waals surface area contributed by atoms with Crippen molar-refractivity contribution in [3.63, 3.8) is 0 Å². The number of hydrogen-bond acceptors (Lipinski definition) is 2. The number of nitrogens with zero attached hydrogens (tertiary/aromatic N) is 1. The predicted octanol–water partition coefficient (Wildman–Crippen LogP) is 1.89. The first-order valence-corrected chi connectivity index (χ1v) is 7.15. The average molecular weight is 255 g/mol. The van der Waals surface area contributed by atoms with Gasteiger partial charge in [-0.25, -0.2) is 0 Å². The van der Waals surface area contributed by atoms with Gasteiger partial charge in [-0.05, 0) is 44.9 Å². The lowest BCUT2D eigenvalue weighted by Gasteiger charge is -2.40. The van der Waals surface area contributed by atoms with Gasteiger partial charge in [-0.1, -0.05) is 13.8 Å². The molecule has 106 valence electrons. The Kier molecular flexibility index (Phi) is 5.45. The first-order chi connectivity index (χ1) is 8.41. The third-order valence-corrected chi connectivity index (χ3v) is 3.52. The minimum Gasteiger partial charge on any atom is -0.388 e. The van der Waals surface area contributed by atoms with Gasteiger partial charge in [0.2, 0.25) is 0 Å². The maximum atomic E-state index is 10.6. The van der Waals surface area contributed by atoms with Gasteiger partial charge in [-0.15, -0.1) is 0 Å². The van der Waals surface area contributed by atoms with Crippen LogP contribution in [-0.2, 0) is 0 Å². The van der Waals surface area contributed by atoms with E-state index in [0.717, 1.165) is 38.3 Å². The van der Waals surface area contributed by atoms with Crippen LogP contribution >= 0.6 is 0 Å². The highest BCUT2D eigenvalue weighted by Gasteiger charge is 2.38. The third-order valence-electron chi connectivity index (χ3n) is 3.52. The van der Waals surface area contributed by atoms with E-state index >= 15 is 0 Å². The molecule has 0 heterocycles. The summed E-state index contributed by atoms with van der Waals surface area (Å²) in [4.78, 5) is 4.51. The second-order valence-electron chi connectivity index (χ2n) is 6.14. The lowest BCUT2D eigenvalue weighted by Crippen LogP contribution is -2.43. The molecule has 0 bridgehead atoms. The van der Waals surface area contributed by atoms with Gasteiger partial charge < -0.3 is 15.7 Å². The SMILES string of the molecule is CCNC(=NCC1(O)CCCC(C)(C)C1)NCC. The summed E-state index contributed by atoms with van der Waals surface area (Å²) in [5.74, 6) is 0.803. The summed E-state index contributed by atoms with van der Waals surface area (Å²) in [6.07, 6.45) is 4.00. The zero-order chi connectivity index (χ0) is 13.6. The highest BCUT2D eigenvalue weighted by molar-refractivity contribution is 5.79. The van der Waals surface area contributed by atoms with Gasteiger partial charge in [0.15, 0.2) is 5.96 Å². The van der Waals surface area contributed by atoms with E-state index in [1.54, 1.807) is 0 Å². The Balaban J connectivity index is 2.60. The Morgan fingerprint density at radius 1 is 1.17 bits per heavy atom. The summed E-state index contributed by atoms with van der Waals surface area (Å²) in [6.45, 7) is 10.7. The van der Waals surface area contributed by atoms with Crippen molar-refractivity contribution < 1.29 is 5.11 Å². The summed E-state index contributed by atoms with van der Waals surface area (Å²) in [5, 5.41) is 17.0. The van der Waals surface area contributed by atoms with Crippen LogP contribution in [0.4, 0.5) is 0 Å². The smallest absolute Gasteiger partial charge is 0.191 e. The molecule has 4 heteroatoms. The van der Waals surface area contributed by atoms with Crippen molar-refractivity contribution in [2.45, 2.75) is 59.0 Å². The van der Waals surface area contributed by atoms with Crippen molar-refractivity contribution in [1.82, 2.24) is 10.6 Å². The number of rotatable bonds is 4. The molecule has 1 unspecified atom stereocenters. The lowest BCUT2D eigenvalue weighted by atomic mass is 9.70. The van der Waals surface area contributed by atoms with E-state index < -0.39 is 5.60 Å². The molecule has 3 N–H and O–H groups in total. The van der Waals surface area contributed by atoms with E-state index in [0.29, 0.717) is 6.54 Å². The Labute approximate surface area is 111 Å². The van der Waals surface area contributed by atoms with Gasteiger partial charge in [0.05, 0.1) is 12.1 Å². The quantitative estimate of drug-likeness (QED) is 0.531. The standard InChI is InChI=1S/C14H29N3O/c1-5-15-12(16-6-2)17-11-14(18)9-7-8-13(3,4)10-14/h18H,5-11H2,1-4H3,(H2,15,16,17). The van der Waals surface area contributed by atoms with Crippen molar-refractivity contribution in [2.24, 2.45) is 10.4 Å². The van der Waals surface area contributed by atoms with Crippen molar-refractivity contribution in [3.8, 4) is 0 Å². The minimum atomic E-state index is -0.627. The second kappa shape index (κ2) is 6.41. The highest BCUT2D eigenvalue weighted by Crippen LogP contribution is 2.40. The van der Waals surface area contributed by atoms with Crippen LogP contribution in [0.2, 0.25) is 0 Å². The van der Waals surface area contributed by atoms with Crippen LogP contribution in [0.15, 0.2) is 4.99 Å². The molecule has 0 aromatic rings. The van der Waals surface area contributed by atoms with Crippen molar-refractivity contribution in [2.75, 3.05) is 19.6 Å². The molecule has 0 spiro atoms. The molecule has 0 aromatic heterocycles. The molecule has 1 saturated carbocycles. The zero-order valence-corrected chi connectivity index (χ0v) is 12.3. The van der Waals surface area contributed by atoms with E-state index in [9.17, 15) is 5.11 Å². The Bertz CT molecular complexity index is 281. The van der Waals surface area contributed by atoms with Crippen LogP contribution in [0, 0.1) is 5.41 Å². The number of aliphatic imine (C=N–C) groups is 1. The molecule has 0 amide bonds. The van der Waals surface area contributed by atoms with Crippen LogP contribution in [0.5, 0.6) is 0 Å². The van der Waals surface area contributed by atoms with Crippen LogP contribution in [-0.4, -0.2) is 36.3 Å². The fraction of sp³-hybridized carbons (Fsp3) is 0.929. The second-order valence-corrected chi connectivity index (χ2v) is 6.14. The first kappa shape index (κ1) is 15.3. The number of aliphatic hydroxyl groups is 1. The fourth-order valence-corrected chi connectivity index (χ4v) is 2.83. The summed E-state index contributed by atoms with van der Waals surface area (Å²) in [5.41, 5.74) is -0.392. The monoisotopic (exact) mass is 255 g/mol. The highest BCUT2D eigenvalue weighted by atomic mass is 16.3. The van der Waals surface area contributed by atoms with Gasteiger partial charge >= 0.3 is 0 Å². The van der Waals surface area contributed by atoms with Crippen LogP contribution in [0.25, 0.3) is 0 Å². The Morgan fingerprint density at radius 2 is 1.78 bits per heavy atom. The Hall–Kier alpha value is -0.770. The summed E-state index contributed by atoms with van der Waals surface area (Å²) in [6, 6.07) is 0. The molecule has 0 radical (unpaired) electrons. The topological polar surface area (TPSA) is 56.7 Å². The largest absolute Gasteiger partial charge is 0.388 e. The molecular weight excluding hydrogens is 226 g/mol. The molecule has 0 aromatic carbocycles. The average Bonchev–Trinajstić information content (AvgIpc) is 2.25. The molecule has 0 aliphatic heterocycles. The summed E-state index contributed by atoms with van der Waals surface area (Å²) >= 11 is 0. The van der Waals surface area contributed by atoms with E-state index in [4.69, 9.17) is 0 Å². The molecule has 1 rings (SSSR count). The van der Waals surface area contributed by atoms with Gasteiger partial charge in [-0.3, -0.25) is 4.99 Å². The maximum absolute atomic E-state index is 10.6.